The molecule has 2 atom stereocenters. The molecule has 8 nitrogen and oxygen atoms in total. The van der Waals surface area contributed by atoms with Gasteiger partial charge < -0.3 is 19.5 Å². The van der Waals surface area contributed by atoms with Crippen LogP contribution in [0.25, 0.3) is 0 Å². The maximum Gasteiger partial charge on any atom is 0.412 e. The van der Waals surface area contributed by atoms with E-state index in [9.17, 15) is 14.4 Å². The fraction of sp³-hybridized carbons (Fsp3) is 0.375. The number of carbonyl (C=O) groups excluding carboxylic acids is 3. The number of hydrogen-bond donors (Lipinski definition) is 2. The van der Waals surface area contributed by atoms with Gasteiger partial charge in [-0.1, -0.05) is 35.9 Å². The lowest BCUT2D eigenvalue weighted by atomic mass is 10.1. The van der Waals surface area contributed by atoms with Crippen LogP contribution < -0.4 is 10.6 Å². The first-order valence-corrected chi connectivity index (χ1v) is 10.8. The van der Waals surface area contributed by atoms with E-state index in [1.165, 1.54) is 25.3 Å². The summed E-state index contributed by atoms with van der Waals surface area (Å²) in [7, 11) is 1.27. The van der Waals surface area contributed by atoms with E-state index >= 15 is 0 Å². The zero-order chi connectivity index (χ0) is 24.2. The van der Waals surface area contributed by atoms with E-state index in [0.29, 0.717) is 5.69 Å². The predicted molar refractivity (Wildman–Crippen MR) is 124 cm³/mol. The van der Waals surface area contributed by atoms with Crippen LogP contribution in [0.5, 0.6) is 0 Å². The molecule has 1 unspecified atom stereocenters. The summed E-state index contributed by atoms with van der Waals surface area (Å²) in [5.41, 5.74) is 1.99. The third-order valence-corrected chi connectivity index (χ3v) is 5.21. The first-order chi connectivity index (χ1) is 15.6. The lowest BCUT2D eigenvalue weighted by Gasteiger charge is -2.19. The molecule has 2 amide bonds. The maximum atomic E-state index is 12.1. The van der Waals surface area contributed by atoms with Crippen molar-refractivity contribution in [1.29, 1.82) is 0 Å². The lowest BCUT2D eigenvalue weighted by molar-refractivity contribution is 0.0521. The highest BCUT2D eigenvalue weighted by molar-refractivity contribution is 6.34. The first kappa shape index (κ1) is 24.4. The summed E-state index contributed by atoms with van der Waals surface area (Å²) in [5.74, 6) is -0.279. The van der Waals surface area contributed by atoms with E-state index in [4.69, 9.17) is 21.1 Å². The standard InChI is InChI=1S/C24H27ClN2O6/c1-24(2,3)33-23(30)27-20-12-17(20)15-7-5-14(6-8-15)13-32-22(29)26-19-10-9-16(11-18(19)25)21(28)31-4/h5-11,17,20H,12-13H2,1-4H3,(H,26,29)(H,27,30)/t17?,20-/m0/s1. The molecule has 2 aromatic carbocycles. The smallest absolute Gasteiger partial charge is 0.412 e. The van der Waals surface area contributed by atoms with Crippen molar-refractivity contribution in [2.45, 2.75) is 51.4 Å². The average Bonchev–Trinajstić information content (AvgIpc) is 3.50. The number of hydrogen-bond acceptors (Lipinski definition) is 6. The SMILES string of the molecule is COC(=O)c1ccc(NC(=O)OCc2ccc(C3C[C@@H]3NC(=O)OC(C)(C)C)cc2)c(Cl)c1. The number of halogens is 1. The van der Waals surface area contributed by atoms with Gasteiger partial charge in [-0.2, -0.15) is 0 Å². The van der Waals surface area contributed by atoms with Crippen LogP contribution in [0.1, 0.15) is 54.6 Å². The van der Waals surface area contributed by atoms with Crippen molar-refractivity contribution in [1.82, 2.24) is 5.32 Å². The second-order valence-electron chi connectivity index (χ2n) is 8.72. The maximum absolute atomic E-state index is 12.1. The highest BCUT2D eigenvalue weighted by Gasteiger charge is 2.40. The van der Waals surface area contributed by atoms with Crippen LogP contribution in [0.4, 0.5) is 15.3 Å². The molecule has 0 bridgehead atoms. The van der Waals surface area contributed by atoms with Crippen molar-refractivity contribution < 1.29 is 28.6 Å². The number of amides is 2. The lowest BCUT2D eigenvalue weighted by Crippen LogP contribution is -2.34. The Labute approximate surface area is 197 Å². The molecular weight excluding hydrogens is 448 g/mol. The zero-order valence-corrected chi connectivity index (χ0v) is 19.7. The van der Waals surface area contributed by atoms with Gasteiger partial charge in [0, 0.05) is 12.0 Å². The monoisotopic (exact) mass is 474 g/mol. The largest absolute Gasteiger partial charge is 0.465 e. The molecule has 2 N–H and O–H groups in total. The number of esters is 1. The molecule has 0 aromatic heterocycles. The molecule has 0 heterocycles. The van der Waals surface area contributed by atoms with Crippen LogP contribution in [0.15, 0.2) is 42.5 Å². The van der Waals surface area contributed by atoms with Crippen LogP contribution in [-0.4, -0.2) is 36.9 Å². The van der Waals surface area contributed by atoms with Gasteiger partial charge in [0.05, 0.1) is 23.4 Å². The zero-order valence-electron chi connectivity index (χ0n) is 18.9. The van der Waals surface area contributed by atoms with E-state index < -0.39 is 23.8 Å². The molecule has 0 radical (unpaired) electrons. The van der Waals surface area contributed by atoms with Crippen molar-refractivity contribution >= 4 is 35.4 Å². The van der Waals surface area contributed by atoms with Gasteiger partial charge in [-0.25, -0.2) is 14.4 Å². The van der Waals surface area contributed by atoms with Crippen LogP contribution in [0.2, 0.25) is 5.02 Å². The number of nitrogens with one attached hydrogen (secondary N) is 2. The highest BCUT2D eigenvalue weighted by Crippen LogP contribution is 2.41. The summed E-state index contributed by atoms with van der Waals surface area (Å²) in [5, 5.41) is 5.62. The molecule has 1 fully saturated rings. The fourth-order valence-corrected chi connectivity index (χ4v) is 3.43. The summed E-state index contributed by atoms with van der Waals surface area (Å²) in [6.07, 6.45) is -0.228. The Morgan fingerprint density at radius 1 is 1.06 bits per heavy atom. The molecule has 9 heteroatoms. The van der Waals surface area contributed by atoms with Gasteiger partial charge in [-0.15, -0.1) is 0 Å². The Bertz CT molecular complexity index is 1030. The van der Waals surface area contributed by atoms with E-state index in [1.807, 2.05) is 45.0 Å². The Hall–Kier alpha value is -3.26. The first-order valence-electron chi connectivity index (χ1n) is 10.5. The van der Waals surface area contributed by atoms with E-state index in [-0.39, 0.29) is 29.2 Å². The van der Waals surface area contributed by atoms with Crippen molar-refractivity contribution in [2.75, 3.05) is 12.4 Å². The molecule has 2 aromatic rings. The average molecular weight is 475 g/mol. The van der Waals surface area contributed by atoms with E-state index in [2.05, 4.69) is 15.4 Å². The number of ether oxygens (including phenoxy) is 3. The third kappa shape index (κ3) is 7.12. The molecule has 176 valence electrons. The predicted octanol–water partition coefficient (Wildman–Crippen LogP) is 5.26. The fourth-order valence-electron chi connectivity index (χ4n) is 3.20. The Morgan fingerprint density at radius 3 is 2.36 bits per heavy atom. The van der Waals surface area contributed by atoms with E-state index in [0.717, 1.165) is 17.5 Å². The molecule has 3 rings (SSSR count). The van der Waals surface area contributed by atoms with Crippen LogP contribution >= 0.6 is 11.6 Å². The minimum Gasteiger partial charge on any atom is -0.465 e. The van der Waals surface area contributed by atoms with Gasteiger partial charge in [0.1, 0.15) is 12.2 Å². The topological polar surface area (TPSA) is 103 Å². The van der Waals surface area contributed by atoms with Gasteiger partial charge in [-0.3, -0.25) is 5.32 Å². The van der Waals surface area contributed by atoms with E-state index in [1.54, 1.807) is 0 Å². The number of alkyl carbamates (subject to hydrolysis) is 1. The Morgan fingerprint density at radius 2 is 1.76 bits per heavy atom. The Kier molecular flexibility index (Phi) is 7.48. The van der Waals surface area contributed by atoms with Gasteiger partial charge in [0.2, 0.25) is 0 Å². The summed E-state index contributed by atoms with van der Waals surface area (Å²) < 4.78 is 15.2. The summed E-state index contributed by atoms with van der Waals surface area (Å²) in [4.78, 5) is 35.5. The Balaban J connectivity index is 1.46. The highest BCUT2D eigenvalue weighted by atomic mass is 35.5. The second kappa shape index (κ2) is 10.1. The summed E-state index contributed by atoms with van der Waals surface area (Å²) in [6, 6.07) is 12.1. The minimum atomic E-state index is -0.671. The number of anilines is 1. The van der Waals surface area contributed by atoms with Gasteiger partial charge in [0.15, 0.2) is 0 Å². The second-order valence-corrected chi connectivity index (χ2v) is 9.13. The molecule has 1 aliphatic carbocycles. The van der Waals surface area contributed by atoms with Crippen molar-refractivity contribution in [2.24, 2.45) is 0 Å². The third-order valence-electron chi connectivity index (χ3n) is 4.90. The molecule has 1 aliphatic rings. The number of methoxy groups -OCH3 is 1. The molecule has 0 aliphatic heterocycles. The summed E-state index contributed by atoms with van der Waals surface area (Å²) >= 11 is 6.11. The van der Waals surface area contributed by atoms with Crippen molar-refractivity contribution in [3.8, 4) is 0 Å². The summed E-state index contributed by atoms with van der Waals surface area (Å²) in [6.45, 7) is 5.56. The number of rotatable bonds is 6. The van der Waals surface area contributed by atoms with Gasteiger partial charge in [0.25, 0.3) is 0 Å². The van der Waals surface area contributed by atoms with Crippen molar-refractivity contribution in [3.63, 3.8) is 0 Å². The molecule has 33 heavy (non-hydrogen) atoms. The molecule has 0 saturated heterocycles. The van der Waals surface area contributed by atoms with Crippen LogP contribution in [0.3, 0.4) is 0 Å². The van der Waals surface area contributed by atoms with Gasteiger partial charge >= 0.3 is 18.2 Å². The van der Waals surface area contributed by atoms with Gasteiger partial charge in [-0.05, 0) is 56.5 Å². The van der Waals surface area contributed by atoms with Crippen molar-refractivity contribution in [3.05, 3.63) is 64.2 Å². The van der Waals surface area contributed by atoms with Crippen LogP contribution in [0, 0.1) is 0 Å². The quantitative estimate of drug-likeness (QED) is 0.437. The minimum absolute atomic E-state index is 0.0584. The molecular formula is C24H27ClN2O6. The molecule has 0 spiro atoms. The molecule has 1 saturated carbocycles. The van der Waals surface area contributed by atoms with Crippen LogP contribution in [-0.2, 0) is 20.8 Å². The number of benzene rings is 2. The normalized spacial score (nSPS) is 17.0. The number of carbonyl (C=O) groups is 3.